The Morgan fingerprint density at radius 1 is 1.25 bits per heavy atom. The van der Waals surface area contributed by atoms with Gasteiger partial charge < -0.3 is 10.2 Å². The van der Waals surface area contributed by atoms with Gasteiger partial charge in [0.1, 0.15) is 5.01 Å². The van der Waals surface area contributed by atoms with Crippen LogP contribution < -0.4 is 5.32 Å². The first-order valence-corrected chi connectivity index (χ1v) is 8.96. The van der Waals surface area contributed by atoms with Crippen LogP contribution in [-0.2, 0) is 16.1 Å². The summed E-state index contributed by atoms with van der Waals surface area (Å²) in [4.78, 5) is 26.3. The number of nitrogens with one attached hydrogen (secondary N) is 1. The third kappa shape index (κ3) is 3.31. The molecular formula is C17H18N4O2S. The molecule has 1 saturated carbocycles. The minimum absolute atomic E-state index is 0.0231. The number of aromatic nitrogens is 2. The minimum atomic E-state index is -0.325. The molecule has 2 aromatic rings. The number of rotatable bonds is 5. The lowest BCUT2D eigenvalue weighted by Crippen LogP contribution is -2.28. The molecule has 2 amide bonds. The SMILES string of the molecule is O=C(Nc1nnc(C2CC2)s1)C1CC(=O)N(Cc2ccccc2)C1. The number of nitrogens with zero attached hydrogens (tertiary/aromatic N) is 3. The van der Waals surface area contributed by atoms with E-state index in [-0.39, 0.29) is 24.2 Å². The Morgan fingerprint density at radius 2 is 2.04 bits per heavy atom. The van der Waals surface area contributed by atoms with Gasteiger partial charge in [-0.15, -0.1) is 10.2 Å². The van der Waals surface area contributed by atoms with Crippen LogP contribution in [0.2, 0.25) is 0 Å². The maximum Gasteiger partial charge on any atom is 0.231 e. The number of hydrogen-bond acceptors (Lipinski definition) is 5. The zero-order chi connectivity index (χ0) is 16.5. The van der Waals surface area contributed by atoms with Crippen molar-refractivity contribution >= 4 is 28.3 Å². The molecule has 2 aliphatic rings. The summed E-state index contributed by atoms with van der Waals surface area (Å²) >= 11 is 1.44. The normalized spacial score (nSPS) is 20.4. The summed E-state index contributed by atoms with van der Waals surface area (Å²) in [5.74, 6) is 0.0874. The van der Waals surface area contributed by atoms with Gasteiger partial charge in [-0.05, 0) is 18.4 Å². The van der Waals surface area contributed by atoms with Crippen LogP contribution in [-0.4, -0.2) is 33.5 Å². The highest BCUT2D eigenvalue weighted by atomic mass is 32.1. The summed E-state index contributed by atoms with van der Waals surface area (Å²) in [6.07, 6.45) is 2.58. The fourth-order valence-electron chi connectivity index (χ4n) is 2.89. The molecule has 7 heteroatoms. The van der Waals surface area contributed by atoms with Crippen molar-refractivity contribution in [2.24, 2.45) is 5.92 Å². The Kier molecular flexibility index (Phi) is 4.02. The van der Waals surface area contributed by atoms with E-state index in [0.717, 1.165) is 23.4 Å². The number of carbonyl (C=O) groups excluding carboxylic acids is 2. The maximum absolute atomic E-state index is 12.4. The van der Waals surface area contributed by atoms with E-state index in [2.05, 4.69) is 15.5 Å². The monoisotopic (exact) mass is 342 g/mol. The molecule has 1 saturated heterocycles. The number of likely N-dealkylation sites (tertiary alicyclic amines) is 1. The van der Waals surface area contributed by atoms with Gasteiger partial charge in [-0.25, -0.2) is 0 Å². The molecule has 0 radical (unpaired) electrons. The van der Waals surface area contributed by atoms with Gasteiger partial charge in [0, 0.05) is 25.4 Å². The van der Waals surface area contributed by atoms with E-state index < -0.39 is 0 Å². The van der Waals surface area contributed by atoms with Gasteiger partial charge in [0.05, 0.1) is 5.92 Å². The minimum Gasteiger partial charge on any atom is -0.338 e. The van der Waals surface area contributed by atoms with Crippen molar-refractivity contribution in [3.8, 4) is 0 Å². The maximum atomic E-state index is 12.4. The van der Waals surface area contributed by atoms with E-state index in [9.17, 15) is 9.59 Å². The predicted molar refractivity (Wildman–Crippen MR) is 90.5 cm³/mol. The average Bonchev–Trinajstić information content (AvgIpc) is 3.23. The molecule has 124 valence electrons. The molecule has 1 aliphatic carbocycles. The van der Waals surface area contributed by atoms with Crippen molar-refractivity contribution in [2.45, 2.75) is 31.7 Å². The molecule has 1 N–H and O–H groups in total. The molecule has 1 aromatic carbocycles. The largest absolute Gasteiger partial charge is 0.338 e. The number of carbonyl (C=O) groups is 2. The van der Waals surface area contributed by atoms with Gasteiger partial charge in [-0.2, -0.15) is 0 Å². The van der Waals surface area contributed by atoms with Crippen molar-refractivity contribution in [1.82, 2.24) is 15.1 Å². The summed E-state index contributed by atoms with van der Waals surface area (Å²) < 4.78 is 0. The first kappa shape index (κ1) is 15.3. The highest BCUT2D eigenvalue weighted by molar-refractivity contribution is 7.15. The Morgan fingerprint density at radius 3 is 2.79 bits per heavy atom. The second-order valence-corrected chi connectivity index (χ2v) is 7.38. The smallest absolute Gasteiger partial charge is 0.231 e. The molecule has 4 rings (SSSR count). The Hall–Kier alpha value is -2.28. The van der Waals surface area contributed by atoms with Crippen LogP contribution in [0.4, 0.5) is 5.13 Å². The molecule has 2 fully saturated rings. The molecule has 1 aliphatic heterocycles. The highest BCUT2D eigenvalue weighted by Crippen LogP contribution is 2.42. The van der Waals surface area contributed by atoms with Gasteiger partial charge >= 0.3 is 0 Å². The summed E-state index contributed by atoms with van der Waals surface area (Å²) in [6, 6.07) is 9.83. The fourth-order valence-corrected chi connectivity index (χ4v) is 3.81. The quantitative estimate of drug-likeness (QED) is 0.905. The van der Waals surface area contributed by atoms with Crippen LogP contribution in [0, 0.1) is 5.92 Å². The lowest BCUT2D eigenvalue weighted by molar-refractivity contribution is -0.128. The molecule has 1 aromatic heterocycles. The van der Waals surface area contributed by atoms with Gasteiger partial charge in [-0.1, -0.05) is 41.7 Å². The van der Waals surface area contributed by atoms with Crippen molar-refractivity contribution < 1.29 is 9.59 Å². The number of benzene rings is 1. The first-order valence-electron chi connectivity index (χ1n) is 8.15. The molecule has 6 nitrogen and oxygen atoms in total. The van der Waals surface area contributed by atoms with E-state index in [1.165, 1.54) is 11.3 Å². The zero-order valence-corrected chi connectivity index (χ0v) is 14.0. The molecular weight excluding hydrogens is 324 g/mol. The lowest BCUT2D eigenvalue weighted by Gasteiger charge is -2.16. The summed E-state index contributed by atoms with van der Waals surface area (Å²) in [5, 5.41) is 12.5. The van der Waals surface area contributed by atoms with Crippen molar-refractivity contribution in [3.05, 3.63) is 40.9 Å². The fraction of sp³-hybridized carbons (Fsp3) is 0.412. The Labute approximate surface area is 143 Å². The van der Waals surface area contributed by atoms with Crippen molar-refractivity contribution in [1.29, 1.82) is 0 Å². The third-order valence-electron chi connectivity index (χ3n) is 4.40. The van der Waals surface area contributed by atoms with Crippen LogP contribution in [0.3, 0.4) is 0 Å². The zero-order valence-electron chi connectivity index (χ0n) is 13.1. The van der Waals surface area contributed by atoms with Crippen LogP contribution in [0.25, 0.3) is 0 Å². The van der Waals surface area contributed by atoms with Crippen molar-refractivity contribution in [2.75, 3.05) is 11.9 Å². The number of anilines is 1. The lowest BCUT2D eigenvalue weighted by atomic mass is 10.1. The van der Waals surface area contributed by atoms with Crippen LogP contribution in [0.1, 0.15) is 35.8 Å². The summed E-state index contributed by atoms with van der Waals surface area (Å²) in [6.45, 7) is 1.00. The second-order valence-electron chi connectivity index (χ2n) is 6.37. The Bertz CT molecular complexity index is 757. The van der Waals surface area contributed by atoms with E-state index in [4.69, 9.17) is 0 Å². The van der Waals surface area contributed by atoms with Crippen LogP contribution >= 0.6 is 11.3 Å². The molecule has 1 unspecified atom stereocenters. The number of hydrogen-bond donors (Lipinski definition) is 1. The van der Waals surface area contributed by atoms with E-state index in [1.807, 2.05) is 30.3 Å². The topological polar surface area (TPSA) is 75.2 Å². The average molecular weight is 342 g/mol. The van der Waals surface area contributed by atoms with E-state index in [0.29, 0.717) is 24.1 Å². The molecule has 0 bridgehead atoms. The van der Waals surface area contributed by atoms with Crippen LogP contribution in [0.5, 0.6) is 0 Å². The molecule has 0 spiro atoms. The first-order chi connectivity index (χ1) is 11.7. The van der Waals surface area contributed by atoms with Gasteiger partial charge in [0.15, 0.2) is 0 Å². The van der Waals surface area contributed by atoms with Crippen molar-refractivity contribution in [3.63, 3.8) is 0 Å². The molecule has 2 heterocycles. The second kappa shape index (κ2) is 6.32. The van der Waals surface area contributed by atoms with Gasteiger partial charge in [-0.3, -0.25) is 9.59 Å². The summed E-state index contributed by atoms with van der Waals surface area (Å²) in [7, 11) is 0. The Balaban J connectivity index is 1.35. The highest BCUT2D eigenvalue weighted by Gasteiger charge is 2.35. The van der Waals surface area contributed by atoms with Gasteiger partial charge in [0.25, 0.3) is 0 Å². The predicted octanol–water partition coefficient (Wildman–Crippen LogP) is 2.40. The summed E-state index contributed by atoms with van der Waals surface area (Å²) in [5.41, 5.74) is 1.07. The van der Waals surface area contributed by atoms with E-state index >= 15 is 0 Å². The molecule has 24 heavy (non-hydrogen) atoms. The molecule has 1 atom stereocenters. The van der Waals surface area contributed by atoms with Gasteiger partial charge in [0.2, 0.25) is 16.9 Å². The van der Waals surface area contributed by atoms with Crippen LogP contribution in [0.15, 0.2) is 30.3 Å². The van der Waals surface area contributed by atoms with E-state index in [1.54, 1.807) is 4.90 Å². The standard InChI is InChI=1S/C17H18N4O2S/c22-14-8-13(10-21(14)9-11-4-2-1-3-5-11)15(23)18-17-20-19-16(24-17)12-6-7-12/h1-5,12-13H,6-10H2,(H,18,20,23). The third-order valence-corrected chi connectivity index (χ3v) is 5.40. The number of amides is 2.